The van der Waals surface area contributed by atoms with Crippen LogP contribution < -0.4 is 4.74 Å². The third-order valence-corrected chi connectivity index (χ3v) is 7.84. The summed E-state index contributed by atoms with van der Waals surface area (Å²) in [5, 5.41) is 9.53. The van der Waals surface area contributed by atoms with Crippen LogP contribution in [0.1, 0.15) is 6.42 Å². The fourth-order valence-electron chi connectivity index (χ4n) is 3.81. The lowest BCUT2D eigenvalue weighted by molar-refractivity contribution is -0.137. The molecule has 8 heteroatoms. The van der Waals surface area contributed by atoms with Crippen molar-refractivity contribution in [3.05, 3.63) is 71.8 Å². The molecule has 0 saturated heterocycles. The topological polar surface area (TPSA) is 73.6 Å². The van der Waals surface area contributed by atoms with Gasteiger partial charge in [0.1, 0.15) is 13.3 Å². The molecule has 0 atom stereocenters. The minimum Gasteiger partial charge on any atom is -0.481 e. The van der Waals surface area contributed by atoms with Gasteiger partial charge in [0, 0.05) is 26.3 Å². The van der Waals surface area contributed by atoms with Crippen molar-refractivity contribution in [3.8, 4) is 28.3 Å². The van der Waals surface area contributed by atoms with Crippen molar-refractivity contribution in [1.29, 1.82) is 0 Å². The molecular weight excluding hydrogens is 492 g/mol. The fourth-order valence-corrected chi connectivity index (χ4v) is 4.82. The normalized spacial score (nSPS) is 11.7. The third kappa shape index (κ3) is 6.54. The van der Waals surface area contributed by atoms with Gasteiger partial charge in [-0.15, -0.1) is 0 Å². The molecule has 36 heavy (non-hydrogen) atoms. The first-order valence-electron chi connectivity index (χ1n) is 12.0. The summed E-state index contributed by atoms with van der Waals surface area (Å²) in [6.07, 6.45) is -0.0921. The van der Waals surface area contributed by atoms with E-state index < -0.39 is 14.0 Å². The van der Waals surface area contributed by atoms with Crippen molar-refractivity contribution in [2.75, 3.05) is 13.2 Å². The van der Waals surface area contributed by atoms with E-state index in [9.17, 15) is 4.79 Å². The molecule has 188 valence electrons. The van der Waals surface area contributed by atoms with E-state index in [0.717, 1.165) is 28.3 Å². The van der Waals surface area contributed by atoms with Crippen LogP contribution in [-0.4, -0.2) is 41.9 Å². The van der Waals surface area contributed by atoms with Crippen LogP contribution in [0.2, 0.25) is 30.7 Å². The number of halogens is 1. The van der Waals surface area contributed by atoms with Crippen LogP contribution in [0.5, 0.6) is 5.88 Å². The Kier molecular flexibility index (Phi) is 8.13. The van der Waals surface area contributed by atoms with E-state index in [1.54, 1.807) is 0 Å². The standard InChI is InChI=1S/C28H31ClN2O4Si/c1-36(2,3)16-15-34-19-31-25-17-23(29)28(30-24(25)18-26(31)35-14-13-27(32)33)22-11-9-21(10-12-22)20-7-5-4-6-8-20/h4-12,17-18H,13-16,19H2,1-3H3,(H,32,33). The Morgan fingerprint density at radius 1 is 0.972 bits per heavy atom. The first-order valence-corrected chi connectivity index (χ1v) is 16.1. The number of nitrogens with zero attached hydrogens (tertiary/aromatic N) is 2. The van der Waals surface area contributed by atoms with E-state index in [-0.39, 0.29) is 19.8 Å². The van der Waals surface area contributed by atoms with E-state index in [1.807, 2.05) is 47.0 Å². The van der Waals surface area contributed by atoms with Crippen molar-refractivity contribution in [2.24, 2.45) is 0 Å². The highest BCUT2D eigenvalue weighted by Gasteiger charge is 2.17. The Balaban J connectivity index is 1.63. The predicted octanol–water partition coefficient (Wildman–Crippen LogP) is 7.19. The number of aromatic nitrogens is 2. The number of carboxylic acid groups (broad SMARTS) is 1. The number of hydrogen-bond donors (Lipinski definition) is 1. The molecule has 0 saturated carbocycles. The molecule has 0 spiro atoms. The molecule has 4 aromatic rings. The monoisotopic (exact) mass is 522 g/mol. The molecule has 2 aromatic carbocycles. The number of carboxylic acids is 1. The molecule has 0 fully saturated rings. The number of pyridine rings is 1. The van der Waals surface area contributed by atoms with Gasteiger partial charge in [-0.1, -0.05) is 85.8 Å². The Bertz CT molecular complexity index is 1330. The van der Waals surface area contributed by atoms with E-state index >= 15 is 0 Å². The van der Waals surface area contributed by atoms with Gasteiger partial charge < -0.3 is 14.6 Å². The highest BCUT2D eigenvalue weighted by atomic mass is 35.5. The molecule has 0 radical (unpaired) electrons. The summed E-state index contributed by atoms with van der Waals surface area (Å²) in [7, 11) is -1.22. The van der Waals surface area contributed by atoms with Crippen LogP contribution in [0.3, 0.4) is 0 Å². The lowest BCUT2D eigenvalue weighted by Crippen LogP contribution is -2.22. The van der Waals surface area contributed by atoms with E-state index in [4.69, 9.17) is 31.2 Å². The van der Waals surface area contributed by atoms with Crippen LogP contribution in [0, 0.1) is 0 Å². The summed E-state index contributed by atoms with van der Waals surface area (Å²) in [5.41, 5.74) is 5.34. The zero-order chi connectivity index (χ0) is 25.7. The predicted molar refractivity (Wildman–Crippen MR) is 147 cm³/mol. The number of hydrogen-bond acceptors (Lipinski definition) is 4. The van der Waals surface area contributed by atoms with Gasteiger partial charge in [-0.3, -0.25) is 9.36 Å². The Hall–Kier alpha value is -3.13. The summed E-state index contributed by atoms with van der Waals surface area (Å²) in [5.74, 6) is -0.397. The molecule has 0 aliphatic carbocycles. The first-order chi connectivity index (χ1) is 17.2. The minimum atomic E-state index is -1.22. The Morgan fingerprint density at radius 2 is 1.64 bits per heavy atom. The van der Waals surface area contributed by atoms with Gasteiger partial charge in [0.25, 0.3) is 0 Å². The molecule has 0 aliphatic rings. The zero-order valence-corrected chi connectivity index (χ0v) is 22.6. The number of fused-ring (bicyclic) bond motifs is 1. The molecule has 4 rings (SSSR count). The highest BCUT2D eigenvalue weighted by Crippen LogP contribution is 2.34. The molecule has 0 aliphatic heterocycles. The van der Waals surface area contributed by atoms with E-state index in [2.05, 4.69) is 43.9 Å². The Labute approximate surface area is 217 Å². The zero-order valence-electron chi connectivity index (χ0n) is 20.8. The quantitative estimate of drug-likeness (QED) is 0.167. The molecule has 6 nitrogen and oxygen atoms in total. The van der Waals surface area contributed by atoms with E-state index in [1.165, 1.54) is 0 Å². The SMILES string of the molecule is C[Si](C)(C)CCOCn1c(OCCC(=O)O)cc2nc(-c3ccc(-c4ccccc4)cc3)c(Cl)cc21. The van der Waals surface area contributed by atoms with Gasteiger partial charge in [-0.2, -0.15) is 0 Å². The summed E-state index contributed by atoms with van der Waals surface area (Å²) < 4.78 is 13.6. The van der Waals surface area contributed by atoms with Gasteiger partial charge in [0.2, 0.25) is 0 Å². The van der Waals surface area contributed by atoms with Crippen molar-refractivity contribution in [3.63, 3.8) is 0 Å². The van der Waals surface area contributed by atoms with Crippen molar-refractivity contribution in [1.82, 2.24) is 9.55 Å². The Morgan fingerprint density at radius 3 is 2.31 bits per heavy atom. The molecule has 2 heterocycles. The van der Waals surface area contributed by atoms with E-state index in [0.29, 0.717) is 28.7 Å². The maximum absolute atomic E-state index is 11.0. The number of rotatable bonds is 11. The van der Waals surface area contributed by atoms with Gasteiger partial charge in [-0.25, -0.2) is 4.98 Å². The average Bonchev–Trinajstić information content (AvgIpc) is 3.17. The fraction of sp³-hybridized carbons (Fsp3) is 0.286. The molecule has 1 N–H and O–H groups in total. The summed E-state index contributed by atoms with van der Waals surface area (Å²) in [4.78, 5) is 15.8. The molecule has 0 amide bonds. The van der Waals surface area contributed by atoms with Gasteiger partial charge >= 0.3 is 5.97 Å². The first kappa shape index (κ1) is 25.9. The van der Waals surface area contributed by atoms with Crippen molar-refractivity contribution in [2.45, 2.75) is 38.8 Å². The second kappa shape index (κ2) is 11.3. The van der Waals surface area contributed by atoms with Crippen molar-refractivity contribution < 1.29 is 19.4 Å². The van der Waals surface area contributed by atoms with Crippen LogP contribution in [0.15, 0.2) is 66.7 Å². The van der Waals surface area contributed by atoms with Gasteiger partial charge in [0.05, 0.1) is 28.2 Å². The molecule has 2 aromatic heterocycles. The largest absolute Gasteiger partial charge is 0.481 e. The van der Waals surface area contributed by atoms with Gasteiger partial charge in [-0.05, 0) is 23.2 Å². The number of aliphatic carboxylic acids is 1. The van der Waals surface area contributed by atoms with Crippen LogP contribution in [0.25, 0.3) is 33.4 Å². The molecular formula is C28H31ClN2O4Si. The lowest BCUT2D eigenvalue weighted by atomic mass is 10.0. The molecule has 0 bridgehead atoms. The second-order valence-electron chi connectivity index (χ2n) is 9.92. The van der Waals surface area contributed by atoms with Gasteiger partial charge in [0.15, 0.2) is 5.88 Å². The highest BCUT2D eigenvalue weighted by molar-refractivity contribution is 6.76. The number of ether oxygens (including phenoxy) is 2. The van der Waals surface area contributed by atoms with Crippen LogP contribution in [0.4, 0.5) is 0 Å². The molecule has 0 unspecified atom stereocenters. The number of benzene rings is 2. The summed E-state index contributed by atoms with van der Waals surface area (Å²) >= 11 is 6.71. The van der Waals surface area contributed by atoms with Crippen molar-refractivity contribution >= 4 is 36.7 Å². The number of carbonyl (C=O) groups is 1. The maximum atomic E-state index is 11.0. The maximum Gasteiger partial charge on any atom is 0.306 e. The van der Waals surface area contributed by atoms with Crippen LogP contribution >= 0.6 is 11.6 Å². The third-order valence-electron chi connectivity index (χ3n) is 5.85. The summed E-state index contributed by atoms with van der Waals surface area (Å²) in [6.45, 7) is 7.90. The lowest BCUT2D eigenvalue weighted by Gasteiger charge is -2.17. The van der Waals surface area contributed by atoms with Crippen LogP contribution in [-0.2, 0) is 16.3 Å². The summed E-state index contributed by atoms with van der Waals surface area (Å²) in [6, 6.07) is 23.1. The minimum absolute atomic E-state index is 0.0576. The smallest absolute Gasteiger partial charge is 0.306 e. The average molecular weight is 523 g/mol. The second-order valence-corrected chi connectivity index (χ2v) is 15.9.